The van der Waals surface area contributed by atoms with Gasteiger partial charge >= 0.3 is 6.03 Å². The number of likely N-dealkylation sites (N-methyl/N-ethyl adjacent to an activating group) is 1. The van der Waals surface area contributed by atoms with E-state index in [9.17, 15) is 9.59 Å². The molecule has 0 spiro atoms. The molecule has 6 nitrogen and oxygen atoms in total. The number of rotatable bonds is 5. The van der Waals surface area contributed by atoms with Crippen LogP contribution in [0.25, 0.3) is 10.9 Å². The monoisotopic (exact) mass is 374 g/mol. The Morgan fingerprint density at radius 1 is 1.14 bits per heavy atom. The average molecular weight is 374 g/mol. The van der Waals surface area contributed by atoms with Crippen LogP contribution in [-0.2, 0) is 17.8 Å². The molecule has 2 aromatic carbocycles. The van der Waals surface area contributed by atoms with Gasteiger partial charge in [0.1, 0.15) is 0 Å². The lowest BCUT2D eigenvalue weighted by Gasteiger charge is -2.19. The predicted molar refractivity (Wildman–Crippen MR) is 109 cm³/mol. The van der Waals surface area contributed by atoms with Gasteiger partial charge in [0.2, 0.25) is 5.91 Å². The van der Waals surface area contributed by atoms with Gasteiger partial charge in [-0.1, -0.05) is 30.3 Å². The lowest BCUT2D eigenvalue weighted by Crippen LogP contribution is -2.28. The van der Waals surface area contributed by atoms with E-state index in [4.69, 9.17) is 0 Å². The number of nitrogens with zero attached hydrogens (tertiary/aromatic N) is 3. The zero-order chi connectivity index (χ0) is 19.5. The van der Waals surface area contributed by atoms with E-state index in [2.05, 4.69) is 10.3 Å². The molecule has 0 aliphatic carbocycles. The van der Waals surface area contributed by atoms with Crippen molar-refractivity contribution in [2.24, 2.45) is 0 Å². The number of fused-ring (bicyclic) bond motifs is 1. The van der Waals surface area contributed by atoms with E-state index in [-0.39, 0.29) is 11.9 Å². The summed E-state index contributed by atoms with van der Waals surface area (Å²) in [6.45, 7) is 1.86. The van der Waals surface area contributed by atoms with Crippen molar-refractivity contribution < 1.29 is 9.59 Å². The van der Waals surface area contributed by atoms with Crippen LogP contribution in [0.5, 0.6) is 0 Å². The van der Waals surface area contributed by atoms with Crippen molar-refractivity contribution in [3.05, 3.63) is 71.9 Å². The topological polar surface area (TPSA) is 65.5 Å². The number of pyridine rings is 1. The van der Waals surface area contributed by atoms with Crippen LogP contribution < -0.4 is 10.2 Å². The highest BCUT2D eigenvalue weighted by Crippen LogP contribution is 2.20. The van der Waals surface area contributed by atoms with Gasteiger partial charge in [0, 0.05) is 44.0 Å². The molecule has 142 valence electrons. The van der Waals surface area contributed by atoms with Gasteiger partial charge in [0.15, 0.2) is 0 Å². The highest BCUT2D eigenvalue weighted by molar-refractivity contribution is 5.94. The first-order valence-corrected chi connectivity index (χ1v) is 9.33. The minimum Gasteiger partial charge on any atom is -0.341 e. The average Bonchev–Trinajstić information content (AvgIpc) is 3.14. The van der Waals surface area contributed by atoms with Gasteiger partial charge in [-0.3, -0.25) is 14.7 Å². The molecular weight excluding hydrogens is 352 g/mol. The van der Waals surface area contributed by atoms with Crippen molar-refractivity contribution in [1.29, 1.82) is 0 Å². The number of hydrogen-bond donors (Lipinski definition) is 1. The van der Waals surface area contributed by atoms with Crippen molar-refractivity contribution in [2.45, 2.75) is 13.0 Å². The molecule has 6 heteroatoms. The third-order valence-corrected chi connectivity index (χ3v) is 5.03. The summed E-state index contributed by atoms with van der Waals surface area (Å²) in [6.07, 6.45) is 2.10. The van der Waals surface area contributed by atoms with Crippen molar-refractivity contribution >= 4 is 28.5 Å². The first-order chi connectivity index (χ1) is 13.6. The summed E-state index contributed by atoms with van der Waals surface area (Å²) in [4.78, 5) is 32.2. The molecule has 3 aromatic rings. The molecule has 1 N–H and O–H groups in total. The first-order valence-electron chi connectivity index (χ1n) is 9.33. The summed E-state index contributed by atoms with van der Waals surface area (Å²) in [7, 11) is 1.82. The van der Waals surface area contributed by atoms with Crippen LogP contribution in [-0.4, -0.2) is 42.0 Å². The maximum atomic E-state index is 12.7. The molecule has 0 atom stereocenters. The van der Waals surface area contributed by atoms with Crippen LogP contribution in [0, 0.1) is 0 Å². The van der Waals surface area contributed by atoms with Gasteiger partial charge in [-0.2, -0.15) is 0 Å². The van der Waals surface area contributed by atoms with E-state index >= 15 is 0 Å². The number of carbonyl (C=O) groups excluding carboxylic acids is 2. The van der Waals surface area contributed by atoms with Gasteiger partial charge in [-0.25, -0.2) is 4.79 Å². The number of hydrogen-bond acceptors (Lipinski definition) is 3. The number of benzene rings is 2. The summed E-state index contributed by atoms with van der Waals surface area (Å²) in [5.41, 5.74) is 3.79. The standard InChI is InChI=1S/C22H22N4O2/c1-25(15-17-4-2-6-20-19(17)5-3-11-23-20)21(27)14-16-7-9-18(10-8-16)26-13-12-24-22(26)28/h2-11H,12-15H2,1H3,(H,24,28). The summed E-state index contributed by atoms with van der Waals surface area (Å²) in [6, 6.07) is 17.5. The van der Waals surface area contributed by atoms with Gasteiger partial charge in [0.25, 0.3) is 0 Å². The predicted octanol–water partition coefficient (Wildman–Crippen LogP) is 2.97. The summed E-state index contributed by atoms with van der Waals surface area (Å²) in [5, 5.41) is 3.85. The molecule has 0 saturated carbocycles. The Balaban J connectivity index is 1.42. The largest absolute Gasteiger partial charge is 0.341 e. The van der Waals surface area contributed by atoms with Gasteiger partial charge in [0.05, 0.1) is 11.9 Å². The quantitative estimate of drug-likeness (QED) is 0.747. The molecule has 2 heterocycles. The second-order valence-corrected chi connectivity index (χ2v) is 6.96. The van der Waals surface area contributed by atoms with E-state index < -0.39 is 0 Å². The maximum absolute atomic E-state index is 12.7. The molecule has 0 bridgehead atoms. The maximum Gasteiger partial charge on any atom is 0.321 e. The van der Waals surface area contributed by atoms with Crippen molar-refractivity contribution in [3.63, 3.8) is 0 Å². The molecule has 1 aliphatic heterocycles. The Hall–Kier alpha value is -3.41. The second kappa shape index (κ2) is 7.68. The van der Waals surface area contributed by atoms with Gasteiger partial charge in [-0.15, -0.1) is 0 Å². The molecule has 28 heavy (non-hydrogen) atoms. The zero-order valence-corrected chi connectivity index (χ0v) is 15.8. The third kappa shape index (κ3) is 3.67. The molecule has 1 fully saturated rings. The highest BCUT2D eigenvalue weighted by Gasteiger charge is 2.21. The fourth-order valence-corrected chi connectivity index (χ4v) is 3.47. The van der Waals surface area contributed by atoms with E-state index in [1.807, 2.05) is 61.6 Å². The number of aromatic nitrogens is 1. The second-order valence-electron chi connectivity index (χ2n) is 6.96. The Morgan fingerprint density at radius 2 is 1.96 bits per heavy atom. The Morgan fingerprint density at radius 3 is 2.71 bits per heavy atom. The minimum atomic E-state index is -0.0758. The van der Waals surface area contributed by atoms with Crippen LogP contribution in [0.15, 0.2) is 60.8 Å². The van der Waals surface area contributed by atoms with E-state index in [0.29, 0.717) is 26.1 Å². The number of urea groups is 1. The molecule has 1 aromatic heterocycles. The van der Waals surface area contributed by atoms with E-state index in [1.54, 1.807) is 16.0 Å². The van der Waals surface area contributed by atoms with Gasteiger partial charge < -0.3 is 10.2 Å². The Bertz CT molecular complexity index is 1010. The van der Waals surface area contributed by atoms with Crippen molar-refractivity contribution in [2.75, 3.05) is 25.0 Å². The number of anilines is 1. The van der Waals surface area contributed by atoms with Crippen LogP contribution in [0.1, 0.15) is 11.1 Å². The van der Waals surface area contributed by atoms with Crippen LogP contribution in [0.3, 0.4) is 0 Å². The molecule has 0 unspecified atom stereocenters. The molecule has 3 amide bonds. The third-order valence-electron chi connectivity index (χ3n) is 5.03. The molecule has 0 radical (unpaired) electrons. The molecule has 1 saturated heterocycles. The smallest absolute Gasteiger partial charge is 0.321 e. The van der Waals surface area contributed by atoms with Crippen molar-refractivity contribution in [3.8, 4) is 0 Å². The molecular formula is C22H22N4O2. The fraction of sp³-hybridized carbons (Fsp3) is 0.227. The van der Waals surface area contributed by atoms with Crippen molar-refractivity contribution in [1.82, 2.24) is 15.2 Å². The molecule has 4 rings (SSSR count). The Labute approximate surface area is 163 Å². The summed E-state index contributed by atoms with van der Waals surface area (Å²) in [5.74, 6) is 0.0487. The summed E-state index contributed by atoms with van der Waals surface area (Å²) < 4.78 is 0. The lowest BCUT2D eigenvalue weighted by molar-refractivity contribution is -0.129. The first kappa shape index (κ1) is 18.0. The number of carbonyl (C=O) groups is 2. The highest BCUT2D eigenvalue weighted by atomic mass is 16.2. The van der Waals surface area contributed by atoms with Gasteiger partial charge in [-0.05, 0) is 35.4 Å². The lowest BCUT2D eigenvalue weighted by atomic mass is 10.1. The minimum absolute atomic E-state index is 0.0487. The molecule has 1 aliphatic rings. The summed E-state index contributed by atoms with van der Waals surface area (Å²) >= 11 is 0. The van der Waals surface area contributed by atoms with Crippen LogP contribution in [0.2, 0.25) is 0 Å². The Kier molecular flexibility index (Phi) is 4.93. The SMILES string of the molecule is CN(Cc1cccc2ncccc12)C(=O)Cc1ccc(N2CCNC2=O)cc1. The normalized spacial score (nSPS) is 13.6. The van der Waals surface area contributed by atoms with E-state index in [1.165, 1.54) is 0 Å². The van der Waals surface area contributed by atoms with Crippen LogP contribution >= 0.6 is 0 Å². The number of nitrogens with one attached hydrogen (secondary N) is 1. The number of amides is 3. The van der Waals surface area contributed by atoms with E-state index in [0.717, 1.165) is 27.7 Å². The zero-order valence-electron chi connectivity index (χ0n) is 15.8. The van der Waals surface area contributed by atoms with Crippen LogP contribution in [0.4, 0.5) is 10.5 Å². The fourth-order valence-electron chi connectivity index (χ4n) is 3.47.